The van der Waals surface area contributed by atoms with Gasteiger partial charge in [0, 0.05) is 60.2 Å². The highest BCUT2D eigenvalue weighted by molar-refractivity contribution is 7.98. The number of rotatable bonds is 2. The Morgan fingerprint density at radius 3 is 2.63 bits per heavy atom. The van der Waals surface area contributed by atoms with Crippen LogP contribution in [0.2, 0.25) is 0 Å². The summed E-state index contributed by atoms with van der Waals surface area (Å²) in [6, 6.07) is 17.3. The number of carbonyl (C=O) groups is 1. The number of nitrogens with zero attached hydrogens (tertiary/aromatic N) is 4. The van der Waals surface area contributed by atoms with Crippen LogP contribution in [0.25, 0.3) is 11.3 Å². The van der Waals surface area contributed by atoms with Crippen molar-refractivity contribution < 1.29 is 4.79 Å². The molecule has 3 aromatic rings. The molecule has 154 valence electrons. The van der Waals surface area contributed by atoms with E-state index in [1.54, 1.807) is 11.8 Å². The monoisotopic (exact) mass is 418 g/mol. The van der Waals surface area contributed by atoms with Crippen LogP contribution in [0.1, 0.15) is 28.5 Å². The van der Waals surface area contributed by atoms with E-state index in [9.17, 15) is 4.79 Å². The zero-order valence-electron chi connectivity index (χ0n) is 17.6. The van der Waals surface area contributed by atoms with E-state index in [1.807, 2.05) is 16.6 Å². The molecule has 0 radical (unpaired) electrons. The molecule has 1 fully saturated rings. The van der Waals surface area contributed by atoms with Crippen LogP contribution in [0.15, 0.2) is 53.4 Å². The van der Waals surface area contributed by atoms with E-state index in [0.29, 0.717) is 18.8 Å². The molecule has 2 aliphatic rings. The van der Waals surface area contributed by atoms with Gasteiger partial charge in [0.05, 0.1) is 5.69 Å². The molecule has 1 saturated heterocycles. The highest BCUT2D eigenvalue weighted by Gasteiger charge is 2.33. The highest BCUT2D eigenvalue weighted by atomic mass is 32.2. The number of amides is 1. The molecule has 0 spiro atoms. The van der Waals surface area contributed by atoms with E-state index in [4.69, 9.17) is 0 Å². The third-order valence-corrected chi connectivity index (χ3v) is 7.24. The number of aryl methyl sites for hydroxylation is 2. The fourth-order valence-corrected chi connectivity index (χ4v) is 5.63. The van der Waals surface area contributed by atoms with Crippen LogP contribution in [0.3, 0.4) is 0 Å². The second-order valence-electron chi connectivity index (χ2n) is 8.21. The molecule has 3 heterocycles. The lowest BCUT2D eigenvalue weighted by Gasteiger charge is -2.41. The minimum atomic E-state index is 0.0576. The molecule has 0 N–H and O–H groups in total. The van der Waals surface area contributed by atoms with Crippen LogP contribution >= 0.6 is 11.8 Å². The molecule has 0 saturated carbocycles. The Labute approximate surface area is 181 Å². The van der Waals surface area contributed by atoms with E-state index in [-0.39, 0.29) is 11.9 Å². The average Bonchev–Trinajstić information content (AvgIpc) is 3.11. The first kappa shape index (κ1) is 19.2. The van der Waals surface area contributed by atoms with Crippen LogP contribution in [0.5, 0.6) is 0 Å². The minimum Gasteiger partial charge on any atom is -0.365 e. The van der Waals surface area contributed by atoms with Crippen molar-refractivity contribution in [3.05, 3.63) is 65.4 Å². The fourth-order valence-electron chi connectivity index (χ4n) is 4.56. The third kappa shape index (κ3) is 3.19. The smallest absolute Gasteiger partial charge is 0.274 e. The predicted octanol–water partition coefficient (Wildman–Crippen LogP) is 4.35. The largest absolute Gasteiger partial charge is 0.365 e. The fraction of sp³-hybridized carbons (Fsp3) is 0.333. The maximum absolute atomic E-state index is 13.5. The van der Waals surface area contributed by atoms with E-state index >= 15 is 0 Å². The van der Waals surface area contributed by atoms with E-state index in [2.05, 4.69) is 72.4 Å². The Bertz CT molecular complexity index is 1100. The molecule has 0 bridgehead atoms. The summed E-state index contributed by atoms with van der Waals surface area (Å²) in [5.74, 6) is 0.849. The normalized spacial score (nSPS) is 18.2. The molecule has 1 aromatic heterocycles. The first-order valence-electron chi connectivity index (χ1n) is 10.4. The van der Waals surface area contributed by atoms with Gasteiger partial charge in [0.2, 0.25) is 0 Å². The van der Waals surface area contributed by atoms with E-state index < -0.39 is 0 Å². The molecule has 0 unspecified atom stereocenters. The average molecular weight is 419 g/mol. The van der Waals surface area contributed by atoms with Gasteiger partial charge in [-0.05, 0) is 32.0 Å². The van der Waals surface area contributed by atoms with Crippen molar-refractivity contribution in [2.45, 2.75) is 30.5 Å². The summed E-state index contributed by atoms with van der Waals surface area (Å²) in [6.07, 6.45) is 0. The number of hydrogen-bond donors (Lipinski definition) is 0. The van der Waals surface area contributed by atoms with Crippen molar-refractivity contribution in [2.75, 3.05) is 24.5 Å². The third-order valence-electron chi connectivity index (χ3n) is 6.14. The molecule has 1 atom stereocenters. The van der Waals surface area contributed by atoms with Gasteiger partial charge >= 0.3 is 0 Å². The predicted molar refractivity (Wildman–Crippen MR) is 122 cm³/mol. The molecular formula is C24H26N4OS. The van der Waals surface area contributed by atoms with Crippen molar-refractivity contribution in [3.8, 4) is 11.3 Å². The Kier molecular flexibility index (Phi) is 4.82. The Morgan fingerprint density at radius 2 is 1.87 bits per heavy atom. The molecule has 5 rings (SSSR count). The molecule has 1 amide bonds. The first-order valence-corrected chi connectivity index (χ1v) is 11.4. The maximum atomic E-state index is 13.5. The Morgan fingerprint density at radius 1 is 1.10 bits per heavy atom. The molecule has 2 aliphatic heterocycles. The summed E-state index contributed by atoms with van der Waals surface area (Å²) in [4.78, 5) is 19.1. The van der Waals surface area contributed by atoms with Crippen molar-refractivity contribution in [3.63, 3.8) is 0 Å². The van der Waals surface area contributed by atoms with Crippen LogP contribution in [0.4, 0.5) is 5.69 Å². The van der Waals surface area contributed by atoms with Crippen LogP contribution in [0, 0.1) is 6.92 Å². The van der Waals surface area contributed by atoms with Gasteiger partial charge in [-0.3, -0.25) is 9.48 Å². The standard InChI is InChI=1S/C24H26N4OS/c1-16-8-10-18(11-9-16)28-13-12-27(14-17(28)2)24(29)22-20-15-30-21-7-5-4-6-19(21)23(20)26(3)25-22/h4-11,17H,12-15H2,1-3H3/t17-/m1/s1. The molecule has 0 aliphatic carbocycles. The zero-order chi connectivity index (χ0) is 20.8. The number of fused-ring (bicyclic) bond motifs is 3. The number of piperazine rings is 1. The minimum absolute atomic E-state index is 0.0576. The zero-order valence-corrected chi connectivity index (χ0v) is 18.4. The summed E-state index contributed by atoms with van der Waals surface area (Å²) in [7, 11) is 1.94. The van der Waals surface area contributed by atoms with Crippen LogP contribution < -0.4 is 4.90 Å². The summed E-state index contributed by atoms with van der Waals surface area (Å²) >= 11 is 1.79. The van der Waals surface area contributed by atoms with Gasteiger partial charge in [-0.1, -0.05) is 35.9 Å². The van der Waals surface area contributed by atoms with Crippen molar-refractivity contribution >= 4 is 23.4 Å². The molecule has 6 heteroatoms. The van der Waals surface area contributed by atoms with Crippen molar-refractivity contribution in [1.82, 2.24) is 14.7 Å². The van der Waals surface area contributed by atoms with Crippen molar-refractivity contribution in [1.29, 1.82) is 0 Å². The summed E-state index contributed by atoms with van der Waals surface area (Å²) in [6.45, 7) is 6.56. The summed E-state index contributed by atoms with van der Waals surface area (Å²) in [5.41, 5.74) is 6.43. The summed E-state index contributed by atoms with van der Waals surface area (Å²) < 4.78 is 1.88. The Balaban J connectivity index is 1.39. The molecule has 2 aromatic carbocycles. The first-order chi connectivity index (χ1) is 14.5. The number of hydrogen-bond acceptors (Lipinski definition) is 4. The lowest BCUT2D eigenvalue weighted by Crippen LogP contribution is -2.54. The summed E-state index contributed by atoms with van der Waals surface area (Å²) in [5, 5.41) is 4.68. The van der Waals surface area contributed by atoms with Crippen LogP contribution in [-0.4, -0.2) is 46.3 Å². The van der Waals surface area contributed by atoms with Gasteiger partial charge in [-0.2, -0.15) is 5.10 Å². The second-order valence-corrected chi connectivity index (χ2v) is 9.23. The SMILES string of the molecule is Cc1ccc(N2CCN(C(=O)c3nn(C)c4c3CSc3ccccc3-4)C[C@H]2C)cc1. The number of anilines is 1. The van der Waals surface area contributed by atoms with E-state index in [0.717, 1.165) is 23.6 Å². The molecule has 5 nitrogen and oxygen atoms in total. The second kappa shape index (κ2) is 7.51. The topological polar surface area (TPSA) is 41.4 Å². The van der Waals surface area contributed by atoms with Gasteiger partial charge in [-0.15, -0.1) is 11.8 Å². The van der Waals surface area contributed by atoms with Crippen LogP contribution in [-0.2, 0) is 12.8 Å². The van der Waals surface area contributed by atoms with Gasteiger partial charge in [0.15, 0.2) is 5.69 Å². The van der Waals surface area contributed by atoms with Gasteiger partial charge < -0.3 is 9.80 Å². The van der Waals surface area contributed by atoms with Crippen molar-refractivity contribution in [2.24, 2.45) is 7.05 Å². The maximum Gasteiger partial charge on any atom is 0.274 e. The highest BCUT2D eigenvalue weighted by Crippen LogP contribution is 2.42. The van der Waals surface area contributed by atoms with Gasteiger partial charge in [0.1, 0.15) is 0 Å². The number of aromatic nitrogens is 2. The van der Waals surface area contributed by atoms with Gasteiger partial charge in [0.25, 0.3) is 5.91 Å². The van der Waals surface area contributed by atoms with Gasteiger partial charge in [-0.25, -0.2) is 0 Å². The molecular weight excluding hydrogens is 392 g/mol. The lowest BCUT2D eigenvalue weighted by atomic mass is 10.0. The molecule has 30 heavy (non-hydrogen) atoms. The number of carbonyl (C=O) groups excluding carboxylic acids is 1. The number of thioether (sulfide) groups is 1. The Hall–Kier alpha value is -2.73. The number of benzene rings is 2. The van der Waals surface area contributed by atoms with E-state index in [1.165, 1.54) is 21.7 Å². The quantitative estimate of drug-likeness (QED) is 0.620. The lowest BCUT2D eigenvalue weighted by molar-refractivity contribution is 0.0719.